The summed E-state index contributed by atoms with van der Waals surface area (Å²) in [5.74, 6) is -0.839. The van der Waals surface area contributed by atoms with Gasteiger partial charge in [0.15, 0.2) is 0 Å². The molecule has 0 heterocycles. The molecule has 0 aliphatic carbocycles. The summed E-state index contributed by atoms with van der Waals surface area (Å²) in [7, 11) is 0. The highest BCUT2D eigenvalue weighted by atomic mass is 16.6. The molecule has 0 bridgehead atoms. The van der Waals surface area contributed by atoms with E-state index >= 15 is 0 Å². The Balaban J connectivity index is 1.86. The van der Waals surface area contributed by atoms with Crippen LogP contribution in [-0.4, -0.2) is 84.3 Å². The maximum absolute atomic E-state index is 13.1. The third-order valence-electron chi connectivity index (χ3n) is 6.83. The fraction of sp³-hybridized carbons (Fsp3) is 0.528. The molecule has 2 aromatic carbocycles. The zero-order valence-corrected chi connectivity index (χ0v) is 29.4. The monoisotopic (exact) mass is 667 g/mol. The molecule has 12 heteroatoms. The van der Waals surface area contributed by atoms with Gasteiger partial charge in [-0.1, -0.05) is 60.7 Å². The molecule has 0 aliphatic heterocycles. The van der Waals surface area contributed by atoms with Gasteiger partial charge in [-0.2, -0.15) is 0 Å². The molecule has 2 aromatic rings. The highest BCUT2D eigenvalue weighted by Gasteiger charge is 2.26. The van der Waals surface area contributed by atoms with Gasteiger partial charge < -0.3 is 35.6 Å². The highest BCUT2D eigenvalue weighted by molar-refractivity contribution is 5.86. The summed E-state index contributed by atoms with van der Waals surface area (Å²) in [5, 5.41) is 11.1. The van der Waals surface area contributed by atoms with E-state index in [1.54, 1.807) is 46.4 Å². The van der Waals surface area contributed by atoms with Crippen LogP contribution in [0.25, 0.3) is 0 Å². The maximum Gasteiger partial charge on any atom is 0.408 e. The molecular weight excluding hydrogens is 614 g/mol. The SMILES string of the molecule is CC(=O)N(CCCNC(=O)[C@@H](Cc1ccccc1)NC(=O)OC(C)(C)C)CCCNC(=O)[C@@H](Cc1ccccc1)NC(=O)OC(C)(C)C. The number of nitrogens with one attached hydrogen (secondary N) is 4. The molecule has 0 spiro atoms. The molecule has 0 fully saturated rings. The minimum Gasteiger partial charge on any atom is -0.444 e. The number of nitrogens with zero attached hydrogens (tertiary/aromatic N) is 1. The molecule has 0 unspecified atom stereocenters. The summed E-state index contributed by atoms with van der Waals surface area (Å²) in [6.45, 7) is 13.3. The predicted molar refractivity (Wildman–Crippen MR) is 184 cm³/mol. The van der Waals surface area contributed by atoms with E-state index in [2.05, 4.69) is 21.3 Å². The second-order valence-corrected chi connectivity index (χ2v) is 13.6. The van der Waals surface area contributed by atoms with Crippen LogP contribution in [0.2, 0.25) is 0 Å². The number of ether oxygens (including phenoxy) is 2. The van der Waals surface area contributed by atoms with Crippen LogP contribution in [0.5, 0.6) is 0 Å². The molecule has 4 N–H and O–H groups in total. The molecule has 5 amide bonds. The fourth-order valence-corrected chi connectivity index (χ4v) is 4.65. The van der Waals surface area contributed by atoms with Crippen molar-refractivity contribution in [2.75, 3.05) is 26.2 Å². The van der Waals surface area contributed by atoms with Crippen LogP contribution in [0, 0.1) is 0 Å². The van der Waals surface area contributed by atoms with Crippen molar-refractivity contribution in [2.24, 2.45) is 0 Å². The van der Waals surface area contributed by atoms with E-state index in [1.807, 2.05) is 60.7 Å². The van der Waals surface area contributed by atoms with Crippen molar-refractivity contribution in [1.82, 2.24) is 26.2 Å². The first-order valence-electron chi connectivity index (χ1n) is 16.4. The maximum atomic E-state index is 13.1. The average molecular weight is 668 g/mol. The average Bonchev–Trinajstić information content (AvgIpc) is 2.98. The van der Waals surface area contributed by atoms with Crippen LogP contribution in [0.4, 0.5) is 9.59 Å². The van der Waals surface area contributed by atoms with Crippen LogP contribution in [0.1, 0.15) is 72.4 Å². The second kappa shape index (κ2) is 19.3. The van der Waals surface area contributed by atoms with E-state index in [1.165, 1.54) is 6.92 Å². The molecule has 0 saturated heterocycles. The number of carbonyl (C=O) groups excluding carboxylic acids is 5. The number of rotatable bonds is 16. The van der Waals surface area contributed by atoms with E-state index in [9.17, 15) is 24.0 Å². The smallest absolute Gasteiger partial charge is 0.408 e. The first kappa shape index (κ1) is 39.6. The third-order valence-corrected chi connectivity index (χ3v) is 6.83. The second-order valence-electron chi connectivity index (χ2n) is 13.6. The summed E-state index contributed by atoms with van der Waals surface area (Å²) in [6, 6.07) is 17.0. The van der Waals surface area contributed by atoms with Gasteiger partial charge in [-0.25, -0.2) is 9.59 Å². The summed E-state index contributed by atoms with van der Waals surface area (Å²) in [5.41, 5.74) is 0.348. The van der Waals surface area contributed by atoms with Crippen molar-refractivity contribution in [3.05, 3.63) is 71.8 Å². The number of benzene rings is 2. The zero-order chi connectivity index (χ0) is 35.7. The first-order valence-corrected chi connectivity index (χ1v) is 16.4. The Kier molecular flexibility index (Phi) is 15.9. The van der Waals surface area contributed by atoms with Gasteiger partial charge in [0.25, 0.3) is 0 Å². The lowest BCUT2D eigenvalue weighted by molar-refractivity contribution is -0.128. The molecule has 0 aromatic heterocycles. The number of amides is 5. The molecule has 2 rings (SSSR count). The molecule has 48 heavy (non-hydrogen) atoms. The standard InChI is InChI=1S/C36H53N5O7/c1-26(42)41(22-14-20-37-31(43)29(24-27-16-10-8-11-17-27)39-33(45)47-35(2,3)4)23-15-21-38-32(44)30(25-28-18-12-9-13-19-28)40-34(46)48-36(5,6)7/h8-13,16-19,29-30H,14-15,20-25H2,1-7H3,(H,37,43)(H,38,44)(H,39,45)(H,40,46)/t29-,30-/m1/s1. The lowest BCUT2D eigenvalue weighted by Crippen LogP contribution is -2.50. The van der Waals surface area contributed by atoms with Crippen LogP contribution < -0.4 is 21.3 Å². The minimum atomic E-state index is -0.842. The van der Waals surface area contributed by atoms with Gasteiger partial charge in [0, 0.05) is 45.9 Å². The topological polar surface area (TPSA) is 155 Å². The quantitative estimate of drug-likeness (QED) is 0.196. The molecular formula is C36H53N5O7. The van der Waals surface area contributed by atoms with Gasteiger partial charge in [0.1, 0.15) is 23.3 Å². The molecule has 0 saturated carbocycles. The van der Waals surface area contributed by atoms with Gasteiger partial charge in [-0.15, -0.1) is 0 Å². The van der Waals surface area contributed by atoms with Crippen LogP contribution >= 0.6 is 0 Å². The van der Waals surface area contributed by atoms with Crippen molar-refractivity contribution < 1.29 is 33.4 Å². The Morgan fingerprint density at radius 3 is 1.29 bits per heavy atom. The predicted octanol–water partition coefficient (Wildman–Crippen LogP) is 4.12. The van der Waals surface area contributed by atoms with Crippen molar-refractivity contribution in [1.29, 1.82) is 0 Å². The number of alkyl carbamates (subject to hydrolysis) is 2. The first-order chi connectivity index (χ1) is 22.5. The van der Waals surface area contributed by atoms with Crippen molar-refractivity contribution >= 4 is 29.9 Å². The van der Waals surface area contributed by atoms with Crippen LogP contribution in [0.15, 0.2) is 60.7 Å². The van der Waals surface area contributed by atoms with Gasteiger partial charge in [-0.05, 0) is 65.5 Å². The van der Waals surface area contributed by atoms with Crippen molar-refractivity contribution in [3.8, 4) is 0 Å². The lowest BCUT2D eigenvalue weighted by atomic mass is 10.1. The van der Waals surface area contributed by atoms with Crippen LogP contribution in [0.3, 0.4) is 0 Å². The van der Waals surface area contributed by atoms with Crippen molar-refractivity contribution in [2.45, 2.75) is 97.4 Å². The van der Waals surface area contributed by atoms with Gasteiger partial charge in [-0.3, -0.25) is 14.4 Å². The Morgan fingerprint density at radius 1 is 0.625 bits per heavy atom. The lowest BCUT2D eigenvalue weighted by Gasteiger charge is -2.24. The van der Waals surface area contributed by atoms with Crippen LogP contribution in [-0.2, 0) is 36.7 Å². The molecule has 0 aliphatic rings. The van der Waals surface area contributed by atoms with Crippen molar-refractivity contribution in [3.63, 3.8) is 0 Å². The number of hydrogen-bond donors (Lipinski definition) is 4. The molecule has 0 radical (unpaired) electrons. The van der Waals surface area contributed by atoms with Gasteiger partial charge in [0.2, 0.25) is 17.7 Å². The van der Waals surface area contributed by atoms with Gasteiger partial charge in [0.05, 0.1) is 0 Å². The summed E-state index contributed by atoms with van der Waals surface area (Å²) >= 11 is 0. The van der Waals surface area contributed by atoms with E-state index < -0.39 is 35.5 Å². The Morgan fingerprint density at radius 2 is 0.979 bits per heavy atom. The zero-order valence-electron chi connectivity index (χ0n) is 29.4. The molecule has 2 atom stereocenters. The van der Waals surface area contributed by atoms with Gasteiger partial charge >= 0.3 is 12.2 Å². The third kappa shape index (κ3) is 16.8. The molecule has 12 nitrogen and oxygen atoms in total. The van der Waals surface area contributed by atoms with E-state index in [4.69, 9.17) is 9.47 Å². The highest BCUT2D eigenvalue weighted by Crippen LogP contribution is 2.10. The normalized spacial score (nSPS) is 12.6. The van der Waals surface area contributed by atoms with E-state index in [0.29, 0.717) is 25.9 Å². The Bertz CT molecular complexity index is 1230. The minimum absolute atomic E-state index is 0.130. The summed E-state index contributed by atoms with van der Waals surface area (Å²) < 4.78 is 10.7. The largest absolute Gasteiger partial charge is 0.444 e. The Labute approximate surface area is 284 Å². The summed E-state index contributed by atoms with van der Waals surface area (Å²) in [6.07, 6.45) is 0.191. The van der Waals surface area contributed by atoms with E-state index in [-0.39, 0.29) is 43.7 Å². The number of hydrogen-bond acceptors (Lipinski definition) is 7. The number of carbonyl (C=O) groups is 5. The fourth-order valence-electron chi connectivity index (χ4n) is 4.65. The Hall–Kier alpha value is -4.61. The summed E-state index contributed by atoms with van der Waals surface area (Å²) in [4.78, 5) is 65.0. The van der Waals surface area contributed by atoms with E-state index in [0.717, 1.165) is 11.1 Å². The molecule has 264 valence electrons.